The van der Waals surface area contributed by atoms with Crippen LogP contribution in [0.15, 0.2) is 33.7 Å². The molecule has 1 atom stereocenters. The fourth-order valence-electron chi connectivity index (χ4n) is 2.71. The summed E-state index contributed by atoms with van der Waals surface area (Å²) in [6.07, 6.45) is 0.447. The number of nitrogens with zero attached hydrogens (tertiary/aromatic N) is 2. The van der Waals surface area contributed by atoms with Crippen LogP contribution in [-0.2, 0) is 21.2 Å². The number of anilines is 2. The third-order valence-corrected chi connectivity index (χ3v) is 5.73. The summed E-state index contributed by atoms with van der Waals surface area (Å²) < 4.78 is 37.6. The number of ether oxygens (including phenoxy) is 1. The summed E-state index contributed by atoms with van der Waals surface area (Å²) in [4.78, 5) is -0.0842. The molecule has 7 nitrogen and oxygen atoms in total. The van der Waals surface area contributed by atoms with Gasteiger partial charge in [-0.15, -0.1) is 0 Å². The van der Waals surface area contributed by atoms with Crippen LogP contribution in [0.1, 0.15) is 11.3 Å². The van der Waals surface area contributed by atoms with Crippen LogP contribution in [0.5, 0.6) is 0 Å². The van der Waals surface area contributed by atoms with E-state index in [1.54, 1.807) is 19.2 Å². The summed E-state index contributed by atoms with van der Waals surface area (Å²) in [7, 11) is -2.29. The van der Waals surface area contributed by atoms with Crippen molar-refractivity contribution < 1.29 is 17.7 Å². The average Bonchev–Trinajstić information content (AvgIpc) is 2.85. The molecule has 2 aromatic rings. The molecule has 1 aliphatic rings. The molecule has 2 N–H and O–H groups in total. The zero-order valence-electron chi connectivity index (χ0n) is 12.3. The van der Waals surface area contributed by atoms with E-state index < -0.39 is 10.0 Å². The molecule has 0 saturated carbocycles. The monoisotopic (exact) mass is 323 g/mol. The van der Waals surface area contributed by atoms with Crippen molar-refractivity contribution in [3.05, 3.63) is 35.6 Å². The zero-order valence-corrected chi connectivity index (χ0v) is 13.1. The van der Waals surface area contributed by atoms with Gasteiger partial charge in [0.15, 0.2) is 16.5 Å². The van der Waals surface area contributed by atoms with Crippen LogP contribution in [0.4, 0.5) is 11.5 Å². The number of hydrogen-bond acceptors (Lipinski definition) is 6. The SMILES string of the molecule is CO[C@@H]1Cc2ccccc2N(S(=O)(=O)c2c(N)noc2C)C1. The largest absolute Gasteiger partial charge is 0.380 e. The van der Waals surface area contributed by atoms with Gasteiger partial charge in [-0.2, -0.15) is 0 Å². The molecule has 0 amide bonds. The van der Waals surface area contributed by atoms with Gasteiger partial charge < -0.3 is 15.0 Å². The van der Waals surface area contributed by atoms with E-state index in [4.69, 9.17) is 15.0 Å². The number of rotatable bonds is 3. The van der Waals surface area contributed by atoms with Crippen molar-refractivity contribution in [2.75, 3.05) is 23.7 Å². The fourth-order valence-corrected chi connectivity index (χ4v) is 4.43. The average molecular weight is 323 g/mol. The molecule has 22 heavy (non-hydrogen) atoms. The fraction of sp³-hybridized carbons (Fsp3) is 0.357. The van der Waals surface area contributed by atoms with Crippen LogP contribution in [0.2, 0.25) is 0 Å². The van der Waals surface area contributed by atoms with E-state index in [1.807, 2.05) is 12.1 Å². The van der Waals surface area contributed by atoms with E-state index >= 15 is 0 Å². The predicted octanol–water partition coefficient (Wildman–Crippen LogP) is 1.33. The molecule has 0 unspecified atom stereocenters. The van der Waals surface area contributed by atoms with E-state index in [2.05, 4.69) is 5.16 Å². The van der Waals surface area contributed by atoms with Crippen LogP contribution in [0, 0.1) is 6.92 Å². The first-order valence-electron chi connectivity index (χ1n) is 6.80. The summed E-state index contributed by atoms with van der Waals surface area (Å²) in [5, 5.41) is 3.54. The maximum atomic E-state index is 13.0. The molecule has 1 aliphatic heterocycles. The number of methoxy groups -OCH3 is 1. The molecular weight excluding hydrogens is 306 g/mol. The number of aryl methyl sites for hydroxylation is 1. The van der Waals surface area contributed by atoms with Crippen molar-refractivity contribution in [2.45, 2.75) is 24.3 Å². The van der Waals surface area contributed by atoms with Crippen LogP contribution in [0.25, 0.3) is 0 Å². The lowest BCUT2D eigenvalue weighted by Gasteiger charge is -2.34. The Hall–Kier alpha value is -2.06. The highest BCUT2D eigenvalue weighted by Gasteiger charge is 2.37. The Morgan fingerprint density at radius 3 is 2.77 bits per heavy atom. The Balaban J connectivity index is 2.15. The Morgan fingerprint density at radius 1 is 1.41 bits per heavy atom. The van der Waals surface area contributed by atoms with E-state index in [9.17, 15) is 8.42 Å². The molecule has 1 aromatic carbocycles. The second-order valence-corrected chi connectivity index (χ2v) is 6.98. The normalized spacial score (nSPS) is 18.3. The minimum atomic E-state index is -3.86. The zero-order chi connectivity index (χ0) is 15.9. The van der Waals surface area contributed by atoms with Crippen LogP contribution < -0.4 is 10.0 Å². The predicted molar refractivity (Wildman–Crippen MR) is 81.1 cm³/mol. The quantitative estimate of drug-likeness (QED) is 0.915. The minimum absolute atomic E-state index is 0.0842. The van der Waals surface area contributed by atoms with Crippen molar-refractivity contribution in [3.63, 3.8) is 0 Å². The molecule has 3 rings (SSSR count). The summed E-state index contributed by atoms with van der Waals surface area (Å²) in [5.74, 6) is 0.0454. The summed E-state index contributed by atoms with van der Waals surface area (Å²) in [6, 6.07) is 7.35. The van der Waals surface area contributed by atoms with E-state index in [0.29, 0.717) is 12.1 Å². The first-order chi connectivity index (χ1) is 10.4. The molecule has 0 saturated heterocycles. The molecule has 0 bridgehead atoms. The minimum Gasteiger partial charge on any atom is -0.380 e. The molecule has 8 heteroatoms. The van der Waals surface area contributed by atoms with Crippen molar-refractivity contribution in [2.24, 2.45) is 0 Å². The van der Waals surface area contributed by atoms with Gasteiger partial charge in [0.25, 0.3) is 10.0 Å². The number of benzene rings is 1. The van der Waals surface area contributed by atoms with Gasteiger partial charge in [0.1, 0.15) is 0 Å². The Kier molecular flexibility index (Phi) is 3.57. The van der Waals surface area contributed by atoms with E-state index in [-0.39, 0.29) is 29.1 Å². The Labute approximate surface area is 128 Å². The number of nitrogens with two attached hydrogens (primary N) is 1. The molecule has 0 fully saturated rings. The first-order valence-corrected chi connectivity index (χ1v) is 8.24. The maximum absolute atomic E-state index is 13.0. The Morgan fingerprint density at radius 2 is 2.14 bits per heavy atom. The third-order valence-electron chi connectivity index (χ3n) is 3.79. The van der Waals surface area contributed by atoms with Crippen molar-refractivity contribution >= 4 is 21.5 Å². The molecule has 0 aliphatic carbocycles. The second-order valence-electron chi connectivity index (χ2n) is 5.18. The number of hydrogen-bond donors (Lipinski definition) is 1. The highest BCUT2D eigenvalue weighted by Crippen LogP contribution is 2.35. The summed E-state index contributed by atoms with van der Waals surface area (Å²) in [5.41, 5.74) is 7.23. The van der Waals surface area contributed by atoms with Crippen molar-refractivity contribution in [3.8, 4) is 0 Å². The molecule has 0 radical (unpaired) electrons. The third kappa shape index (κ3) is 2.24. The van der Waals surface area contributed by atoms with Gasteiger partial charge in [-0.3, -0.25) is 4.31 Å². The molecule has 2 heterocycles. The molecule has 1 aromatic heterocycles. The van der Waals surface area contributed by atoms with E-state index in [0.717, 1.165) is 5.56 Å². The van der Waals surface area contributed by atoms with Crippen LogP contribution in [-0.4, -0.2) is 33.3 Å². The van der Waals surface area contributed by atoms with Gasteiger partial charge in [0.2, 0.25) is 0 Å². The standard InChI is InChI=1S/C14H17N3O4S/c1-9-13(14(15)16-21-9)22(18,19)17-8-11(20-2)7-10-5-3-4-6-12(10)17/h3-6,11H,7-8H2,1-2H3,(H2,15,16)/t11-/m1/s1. The van der Waals surface area contributed by atoms with Crippen molar-refractivity contribution in [1.82, 2.24) is 5.16 Å². The summed E-state index contributed by atoms with van der Waals surface area (Å²) in [6.45, 7) is 1.75. The van der Waals surface area contributed by atoms with Gasteiger partial charge in [0, 0.05) is 13.5 Å². The van der Waals surface area contributed by atoms with Gasteiger partial charge in [-0.25, -0.2) is 8.42 Å². The second kappa shape index (κ2) is 5.29. The maximum Gasteiger partial charge on any atom is 0.271 e. The number of aromatic nitrogens is 1. The lowest BCUT2D eigenvalue weighted by atomic mass is 10.0. The first kappa shape index (κ1) is 14.9. The highest BCUT2D eigenvalue weighted by atomic mass is 32.2. The molecular formula is C14H17N3O4S. The molecule has 118 valence electrons. The number of para-hydroxylation sites is 1. The number of nitrogen functional groups attached to an aromatic ring is 1. The highest BCUT2D eigenvalue weighted by molar-refractivity contribution is 7.93. The lowest BCUT2D eigenvalue weighted by molar-refractivity contribution is 0.108. The number of fused-ring (bicyclic) bond motifs is 1. The van der Waals surface area contributed by atoms with Gasteiger partial charge >= 0.3 is 0 Å². The Bertz CT molecular complexity index is 781. The van der Waals surface area contributed by atoms with E-state index in [1.165, 1.54) is 11.2 Å². The lowest BCUT2D eigenvalue weighted by Crippen LogP contribution is -2.43. The smallest absolute Gasteiger partial charge is 0.271 e. The van der Waals surface area contributed by atoms with Crippen molar-refractivity contribution in [1.29, 1.82) is 0 Å². The van der Waals surface area contributed by atoms with Crippen LogP contribution >= 0.6 is 0 Å². The topological polar surface area (TPSA) is 98.7 Å². The van der Waals surface area contributed by atoms with Gasteiger partial charge in [0.05, 0.1) is 18.3 Å². The van der Waals surface area contributed by atoms with Gasteiger partial charge in [-0.05, 0) is 18.6 Å². The summed E-state index contributed by atoms with van der Waals surface area (Å²) >= 11 is 0. The van der Waals surface area contributed by atoms with Gasteiger partial charge in [-0.1, -0.05) is 23.4 Å². The molecule has 0 spiro atoms. The van der Waals surface area contributed by atoms with Crippen LogP contribution in [0.3, 0.4) is 0 Å². The number of sulfonamides is 1.